The van der Waals surface area contributed by atoms with Gasteiger partial charge < -0.3 is 0 Å². The zero-order valence-electron chi connectivity index (χ0n) is 11.2. The molecule has 0 heterocycles. The highest BCUT2D eigenvalue weighted by Crippen LogP contribution is 2.40. The van der Waals surface area contributed by atoms with Crippen LogP contribution in [0.15, 0.2) is 4.99 Å². The van der Waals surface area contributed by atoms with E-state index in [2.05, 4.69) is 4.99 Å². The van der Waals surface area contributed by atoms with Crippen molar-refractivity contribution in [2.24, 2.45) is 22.7 Å². The molecular weight excluding hydrogens is 224 g/mol. The maximum absolute atomic E-state index is 12.2. The first kappa shape index (κ1) is 13.5. The zero-order valence-corrected chi connectivity index (χ0v) is 11.2. The van der Waals surface area contributed by atoms with E-state index in [0.717, 1.165) is 0 Å². The van der Waals surface area contributed by atoms with Crippen molar-refractivity contribution in [3.05, 3.63) is 0 Å². The Kier molecular flexibility index (Phi) is 5.12. The monoisotopic (exact) mass is 248 g/mol. The molecule has 0 aromatic heterocycles. The van der Waals surface area contributed by atoms with Crippen molar-refractivity contribution in [1.29, 1.82) is 5.41 Å². The predicted molar refractivity (Wildman–Crippen MR) is 71.8 cm³/mol. The molecule has 100 valence electrons. The average molecular weight is 248 g/mol. The van der Waals surface area contributed by atoms with E-state index >= 15 is 0 Å². The highest BCUT2D eigenvalue weighted by atomic mass is 16.1. The van der Waals surface area contributed by atoms with Gasteiger partial charge in [-0.25, -0.2) is 5.41 Å². The number of hydrogen-bond acceptors (Lipinski definition) is 2. The van der Waals surface area contributed by atoms with E-state index in [-0.39, 0.29) is 11.8 Å². The normalized spacial score (nSPS) is 22.7. The van der Waals surface area contributed by atoms with Crippen molar-refractivity contribution in [2.45, 2.75) is 64.2 Å². The smallest absolute Gasteiger partial charge is 0.258 e. The van der Waals surface area contributed by atoms with Gasteiger partial charge in [-0.05, 0) is 37.5 Å². The number of hydrogen-bond donors (Lipinski definition) is 1. The van der Waals surface area contributed by atoms with E-state index in [1.165, 1.54) is 64.2 Å². The predicted octanol–water partition coefficient (Wildman–Crippen LogP) is 4.04. The van der Waals surface area contributed by atoms with Crippen LogP contribution >= 0.6 is 0 Å². The zero-order chi connectivity index (χ0) is 12.8. The first-order chi connectivity index (χ1) is 8.83. The Morgan fingerprint density at radius 2 is 1.39 bits per heavy atom. The molecule has 18 heavy (non-hydrogen) atoms. The molecule has 0 bridgehead atoms. The molecule has 1 N–H and O–H groups in total. The summed E-state index contributed by atoms with van der Waals surface area (Å²) in [5.41, 5.74) is 0. The molecule has 3 heteroatoms. The molecule has 1 amide bonds. The van der Waals surface area contributed by atoms with Gasteiger partial charge in [0.05, 0.1) is 6.01 Å². The van der Waals surface area contributed by atoms with Crippen LogP contribution in [0.25, 0.3) is 0 Å². The van der Waals surface area contributed by atoms with Crippen molar-refractivity contribution in [1.82, 2.24) is 0 Å². The van der Waals surface area contributed by atoms with Crippen LogP contribution in [-0.4, -0.2) is 11.9 Å². The Balaban J connectivity index is 2.09. The maximum atomic E-state index is 12.2. The van der Waals surface area contributed by atoms with Crippen LogP contribution in [0, 0.1) is 23.2 Å². The minimum atomic E-state index is -0.0659. The van der Waals surface area contributed by atoms with E-state index in [1.54, 1.807) is 0 Å². The lowest BCUT2D eigenvalue weighted by Gasteiger charge is -2.35. The van der Waals surface area contributed by atoms with E-state index in [9.17, 15) is 4.79 Å². The molecule has 0 atom stereocenters. The first-order valence-corrected chi connectivity index (χ1v) is 7.49. The lowest BCUT2D eigenvalue weighted by molar-refractivity contribution is -0.126. The summed E-state index contributed by atoms with van der Waals surface area (Å²) in [7, 11) is 0. The summed E-state index contributed by atoms with van der Waals surface area (Å²) < 4.78 is 0. The maximum Gasteiger partial charge on any atom is 0.258 e. The van der Waals surface area contributed by atoms with Gasteiger partial charge in [-0.15, -0.1) is 4.99 Å². The topological polar surface area (TPSA) is 53.3 Å². The molecule has 2 aliphatic carbocycles. The van der Waals surface area contributed by atoms with Gasteiger partial charge in [0, 0.05) is 5.92 Å². The molecule has 0 radical (unpaired) electrons. The van der Waals surface area contributed by atoms with Crippen LogP contribution in [0.5, 0.6) is 0 Å². The number of nitrogens with one attached hydrogen (secondary N) is 1. The lowest BCUT2D eigenvalue weighted by atomic mass is 9.69. The average Bonchev–Trinajstić information content (AvgIpc) is 2.42. The Labute approximate surface area is 110 Å². The number of amides is 1. The van der Waals surface area contributed by atoms with Gasteiger partial charge >= 0.3 is 0 Å². The molecule has 2 saturated carbocycles. The highest BCUT2D eigenvalue weighted by Gasteiger charge is 2.36. The Hall–Kier alpha value is -0.950. The molecule has 2 fully saturated rings. The van der Waals surface area contributed by atoms with Crippen molar-refractivity contribution in [2.75, 3.05) is 0 Å². The first-order valence-electron chi connectivity index (χ1n) is 7.49. The summed E-state index contributed by atoms with van der Waals surface area (Å²) >= 11 is 0. The van der Waals surface area contributed by atoms with Crippen LogP contribution in [-0.2, 0) is 4.79 Å². The van der Waals surface area contributed by atoms with Gasteiger partial charge in [0.1, 0.15) is 0 Å². The SMILES string of the molecule is N=C=NC(=O)C(C1CCCCC1)C1CCCCC1. The quantitative estimate of drug-likeness (QED) is 0.753. The van der Waals surface area contributed by atoms with Gasteiger partial charge in [-0.1, -0.05) is 38.5 Å². The van der Waals surface area contributed by atoms with Gasteiger partial charge in [-0.2, -0.15) is 0 Å². The molecular formula is C15H24N2O. The number of carbonyl (C=O) groups excluding carboxylic acids is 1. The summed E-state index contributed by atoms with van der Waals surface area (Å²) in [6.45, 7) is 0. The number of aliphatic imine (C=N–C) groups is 1. The summed E-state index contributed by atoms with van der Waals surface area (Å²) in [5, 5.41) is 6.92. The Morgan fingerprint density at radius 1 is 0.944 bits per heavy atom. The summed E-state index contributed by atoms with van der Waals surface area (Å²) in [6.07, 6.45) is 12.4. The van der Waals surface area contributed by atoms with E-state index in [0.29, 0.717) is 11.8 Å². The fraction of sp³-hybridized carbons (Fsp3) is 0.867. The lowest BCUT2D eigenvalue weighted by Crippen LogP contribution is -2.32. The minimum Gasteiger partial charge on any atom is -0.272 e. The summed E-state index contributed by atoms with van der Waals surface area (Å²) in [4.78, 5) is 15.8. The summed E-state index contributed by atoms with van der Waals surface area (Å²) in [6, 6.07) is 1.95. The van der Waals surface area contributed by atoms with Crippen LogP contribution < -0.4 is 0 Å². The number of nitrogens with zero attached hydrogens (tertiary/aromatic N) is 1. The minimum absolute atomic E-state index is 0.0659. The molecule has 0 unspecified atom stereocenters. The van der Waals surface area contributed by atoms with Gasteiger partial charge in [-0.3, -0.25) is 4.79 Å². The highest BCUT2D eigenvalue weighted by molar-refractivity contribution is 5.84. The molecule has 0 aromatic carbocycles. The van der Waals surface area contributed by atoms with E-state index in [1.807, 2.05) is 6.01 Å². The van der Waals surface area contributed by atoms with Crippen LogP contribution in [0.3, 0.4) is 0 Å². The van der Waals surface area contributed by atoms with Crippen molar-refractivity contribution < 1.29 is 4.79 Å². The largest absolute Gasteiger partial charge is 0.272 e. The van der Waals surface area contributed by atoms with Crippen molar-refractivity contribution >= 4 is 11.9 Å². The van der Waals surface area contributed by atoms with Gasteiger partial charge in [0.15, 0.2) is 0 Å². The fourth-order valence-corrected chi connectivity index (χ4v) is 3.90. The number of carbonyl (C=O) groups is 1. The number of rotatable bonds is 3. The van der Waals surface area contributed by atoms with Crippen LogP contribution in [0.1, 0.15) is 64.2 Å². The molecule has 2 rings (SSSR count). The van der Waals surface area contributed by atoms with Crippen molar-refractivity contribution in [3.63, 3.8) is 0 Å². The molecule has 0 aromatic rings. The Morgan fingerprint density at radius 3 is 1.78 bits per heavy atom. The molecule has 0 saturated heterocycles. The molecule has 2 aliphatic rings. The molecule has 3 nitrogen and oxygen atoms in total. The third kappa shape index (κ3) is 3.29. The Bertz CT molecular complexity index is 303. The van der Waals surface area contributed by atoms with Gasteiger partial charge in [0.25, 0.3) is 5.91 Å². The van der Waals surface area contributed by atoms with Crippen molar-refractivity contribution in [3.8, 4) is 0 Å². The second-order valence-electron chi connectivity index (χ2n) is 5.88. The third-order valence-corrected chi connectivity index (χ3v) is 4.77. The fourth-order valence-electron chi connectivity index (χ4n) is 3.90. The van der Waals surface area contributed by atoms with E-state index < -0.39 is 0 Å². The van der Waals surface area contributed by atoms with E-state index in [4.69, 9.17) is 5.41 Å². The van der Waals surface area contributed by atoms with Crippen LogP contribution in [0.2, 0.25) is 0 Å². The third-order valence-electron chi connectivity index (χ3n) is 4.77. The molecule has 0 spiro atoms. The second kappa shape index (κ2) is 6.84. The van der Waals surface area contributed by atoms with Crippen LogP contribution in [0.4, 0.5) is 0 Å². The second-order valence-corrected chi connectivity index (χ2v) is 5.88. The summed E-state index contributed by atoms with van der Waals surface area (Å²) in [5.74, 6) is 1.06. The van der Waals surface area contributed by atoms with Gasteiger partial charge in [0.2, 0.25) is 0 Å². The standard InChI is InChI=1S/C15H24N2O/c16-11-17-15(18)14(12-7-3-1-4-8-12)13-9-5-2-6-10-13/h12-14,16H,1-10H2. The molecule has 0 aliphatic heterocycles.